The maximum Gasteiger partial charge on any atom is 0.198 e. The lowest BCUT2D eigenvalue weighted by Gasteiger charge is -2.33. The predicted octanol–water partition coefficient (Wildman–Crippen LogP) is 6.00. The lowest BCUT2D eigenvalue weighted by molar-refractivity contribution is 0.164. The SMILES string of the molecule is CC(C)N1CCC(c2nc3cc(-c4ccc(CN=O)c(Cl)c4)ccc3o2)CC1. The number of halogens is 1. The summed E-state index contributed by atoms with van der Waals surface area (Å²) in [4.78, 5) is 17.8. The third kappa shape index (κ3) is 3.82. The van der Waals surface area contributed by atoms with Crippen molar-refractivity contribution in [3.63, 3.8) is 0 Å². The number of aromatic nitrogens is 1. The molecule has 2 aromatic carbocycles. The van der Waals surface area contributed by atoms with Crippen LogP contribution in [0.1, 0.15) is 44.1 Å². The molecule has 2 heterocycles. The van der Waals surface area contributed by atoms with Crippen molar-refractivity contribution in [3.05, 3.63) is 57.8 Å². The number of nitrogens with zero attached hydrogens (tertiary/aromatic N) is 3. The molecule has 28 heavy (non-hydrogen) atoms. The largest absolute Gasteiger partial charge is 0.440 e. The predicted molar refractivity (Wildman–Crippen MR) is 113 cm³/mol. The molecular formula is C22H24ClN3O2. The summed E-state index contributed by atoms with van der Waals surface area (Å²) in [5.74, 6) is 1.23. The molecule has 5 nitrogen and oxygen atoms in total. The Bertz CT molecular complexity index is 991. The number of benzene rings is 2. The van der Waals surface area contributed by atoms with E-state index in [1.807, 2.05) is 36.4 Å². The van der Waals surface area contributed by atoms with Crippen LogP contribution in [0, 0.1) is 4.91 Å². The van der Waals surface area contributed by atoms with Crippen molar-refractivity contribution in [1.82, 2.24) is 9.88 Å². The lowest BCUT2D eigenvalue weighted by Crippen LogP contribution is -2.37. The van der Waals surface area contributed by atoms with E-state index in [0.717, 1.165) is 59.6 Å². The molecular weight excluding hydrogens is 374 g/mol. The molecule has 0 bridgehead atoms. The fraction of sp³-hybridized carbons (Fsp3) is 0.409. The van der Waals surface area contributed by atoms with Gasteiger partial charge in [-0.3, -0.25) is 0 Å². The minimum absolute atomic E-state index is 0.0838. The van der Waals surface area contributed by atoms with Gasteiger partial charge in [-0.2, -0.15) is 4.91 Å². The number of hydrogen-bond acceptors (Lipinski definition) is 5. The molecule has 6 heteroatoms. The number of rotatable bonds is 5. The van der Waals surface area contributed by atoms with Gasteiger partial charge < -0.3 is 9.32 Å². The second-order valence-corrected chi connectivity index (χ2v) is 8.14. The van der Waals surface area contributed by atoms with E-state index >= 15 is 0 Å². The van der Waals surface area contributed by atoms with Gasteiger partial charge in [0.05, 0.1) is 0 Å². The Balaban J connectivity index is 1.57. The van der Waals surface area contributed by atoms with Gasteiger partial charge in [-0.1, -0.05) is 35.0 Å². The van der Waals surface area contributed by atoms with E-state index in [4.69, 9.17) is 21.0 Å². The van der Waals surface area contributed by atoms with Crippen molar-refractivity contribution in [3.8, 4) is 11.1 Å². The van der Waals surface area contributed by atoms with Crippen LogP contribution in [0.4, 0.5) is 0 Å². The average Bonchev–Trinajstić information content (AvgIpc) is 3.13. The highest BCUT2D eigenvalue weighted by Crippen LogP contribution is 2.33. The normalized spacial score (nSPS) is 16.1. The molecule has 1 saturated heterocycles. The van der Waals surface area contributed by atoms with Crippen LogP contribution in [0.2, 0.25) is 5.02 Å². The zero-order chi connectivity index (χ0) is 19.7. The zero-order valence-corrected chi connectivity index (χ0v) is 16.9. The summed E-state index contributed by atoms with van der Waals surface area (Å²) in [7, 11) is 0. The second kappa shape index (κ2) is 8.02. The maximum absolute atomic E-state index is 10.5. The van der Waals surface area contributed by atoms with Crippen LogP contribution in [0.15, 0.2) is 46.0 Å². The highest BCUT2D eigenvalue weighted by atomic mass is 35.5. The Labute approximate surface area is 169 Å². The minimum Gasteiger partial charge on any atom is -0.440 e. The van der Waals surface area contributed by atoms with Crippen LogP contribution in [-0.4, -0.2) is 29.0 Å². The first-order valence-electron chi connectivity index (χ1n) is 9.77. The summed E-state index contributed by atoms with van der Waals surface area (Å²) in [5, 5.41) is 3.46. The Kier molecular flexibility index (Phi) is 5.47. The second-order valence-electron chi connectivity index (χ2n) is 7.73. The third-order valence-corrected chi connectivity index (χ3v) is 5.99. The van der Waals surface area contributed by atoms with Gasteiger partial charge in [0.2, 0.25) is 0 Å². The van der Waals surface area contributed by atoms with Crippen molar-refractivity contribution in [1.29, 1.82) is 0 Å². The first-order chi connectivity index (χ1) is 13.5. The molecule has 4 rings (SSSR count). The molecule has 0 radical (unpaired) electrons. The monoisotopic (exact) mass is 397 g/mol. The van der Waals surface area contributed by atoms with Gasteiger partial charge in [-0.25, -0.2) is 4.98 Å². The van der Waals surface area contributed by atoms with E-state index in [9.17, 15) is 4.91 Å². The Hall–Kier alpha value is -2.24. The van der Waals surface area contributed by atoms with E-state index in [0.29, 0.717) is 17.0 Å². The van der Waals surface area contributed by atoms with E-state index < -0.39 is 0 Å². The van der Waals surface area contributed by atoms with Gasteiger partial charge in [0.15, 0.2) is 11.5 Å². The van der Waals surface area contributed by atoms with Gasteiger partial charge in [-0.05, 0) is 74.7 Å². The molecule has 1 aliphatic rings. The lowest BCUT2D eigenvalue weighted by atomic mass is 9.96. The highest BCUT2D eigenvalue weighted by molar-refractivity contribution is 6.31. The molecule has 0 amide bonds. The fourth-order valence-corrected chi connectivity index (χ4v) is 4.13. The van der Waals surface area contributed by atoms with Gasteiger partial charge in [0, 0.05) is 17.0 Å². The van der Waals surface area contributed by atoms with Crippen LogP contribution in [0.25, 0.3) is 22.2 Å². The van der Waals surface area contributed by atoms with Crippen LogP contribution >= 0.6 is 11.6 Å². The number of hydrogen-bond donors (Lipinski definition) is 0. The number of oxazole rings is 1. The van der Waals surface area contributed by atoms with Crippen molar-refractivity contribution >= 4 is 22.7 Å². The van der Waals surface area contributed by atoms with Crippen molar-refractivity contribution in [2.24, 2.45) is 5.18 Å². The van der Waals surface area contributed by atoms with Crippen molar-refractivity contribution in [2.75, 3.05) is 13.1 Å². The van der Waals surface area contributed by atoms with E-state index in [1.54, 1.807) is 0 Å². The Morgan fingerprint density at radius 1 is 1.18 bits per heavy atom. The number of piperidine rings is 1. The summed E-state index contributed by atoms with van der Waals surface area (Å²) in [5.41, 5.74) is 4.43. The van der Waals surface area contributed by atoms with Gasteiger partial charge in [0.1, 0.15) is 12.1 Å². The molecule has 0 saturated carbocycles. The highest BCUT2D eigenvalue weighted by Gasteiger charge is 2.25. The first kappa shape index (κ1) is 19.1. The summed E-state index contributed by atoms with van der Waals surface area (Å²) in [6.45, 7) is 6.76. The smallest absolute Gasteiger partial charge is 0.198 e. The minimum atomic E-state index is 0.0838. The Morgan fingerprint density at radius 2 is 1.89 bits per heavy atom. The molecule has 1 aromatic heterocycles. The van der Waals surface area contributed by atoms with Crippen LogP contribution in [0.5, 0.6) is 0 Å². The standard InChI is InChI=1S/C22H24ClN3O2/c1-14(2)26-9-7-15(8-10-26)22-25-20-12-17(5-6-21(20)28-22)16-3-4-18(13-24-27)19(23)11-16/h3-6,11-12,14-15H,7-10,13H2,1-2H3. The molecule has 3 aromatic rings. The summed E-state index contributed by atoms with van der Waals surface area (Å²) < 4.78 is 6.07. The van der Waals surface area contributed by atoms with Crippen LogP contribution in [0.3, 0.4) is 0 Å². The number of nitroso groups, excluding NO2 is 1. The van der Waals surface area contributed by atoms with E-state index in [2.05, 4.69) is 23.9 Å². The molecule has 0 unspecified atom stereocenters. The van der Waals surface area contributed by atoms with Gasteiger partial charge in [0.25, 0.3) is 0 Å². The first-order valence-corrected chi connectivity index (χ1v) is 10.2. The quantitative estimate of drug-likeness (QED) is 0.495. The molecule has 146 valence electrons. The molecule has 0 aliphatic carbocycles. The topological polar surface area (TPSA) is 58.7 Å². The molecule has 0 N–H and O–H groups in total. The van der Waals surface area contributed by atoms with Crippen molar-refractivity contribution in [2.45, 2.75) is 45.2 Å². The van der Waals surface area contributed by atoms with Gasteiger partial charge >= 0.3 is 0 Å². The maximum atomic E-state index is 10.5. The van der Waals surface area contributed by atoms with E-state index in [-0.39, 0.29) is 6.54 Å². The number of likely N-dealkylation sites (tertiary alicyclic amines) is 1. The average molecular weight is 398 g/mol. The molecule has 1 fully saturated rings. The van der Waals surface area contributed by atoms with E-state index in [1.165, 1.54) is 0 Å². The Morgan fingerprint density at radius 3 is 2.57 bits per heavy atom. The molecule has 0 spiro atoms. The molecule has 1 aliphatic heterocycles. The zero-order valence-electron chi connectivity index (χ0n) is 16.2. The third-order valence-electron chi connectivity index (χ3n) is 5.63. The summed E-state index contributed by atoms with van der Waals surface area (Å²) in [6.07, 6.45) is 2.17. The summed E-state index contributed by atoms with van der Waals surface area (Å²) >= 11 is 6.28. The van der Waals surface area contributed by atoms with Crippen LogP contribution in [-0.2, 0) is 6.54 Å². The number of fused-ring (bicyclic) bond motifs is 1. The summed E-state index contributed by atoms with van der Waals surface area (Å²) in [6, 6.07) is 12.3. The van der Waals surface area contributed by atoms with Crippen molar-refractivity contribution < 1.29 is 4.42 Å². The molecule has 0 atom stereocenters. The fourth-order valence-electron chi connectivity index (χ4n) is 3.89. The van der Waals surface area contributed by atoms with Crippen LogP contribution < -0.4 is 0 Å². The van der Waals surface area contributed by atoms with Gasteiger partial charge in [-0.15, -0.1) is 0 Å².